The molecule has 0 saturated heterocycles. The lowest BCUT2D eigenvalue weighted by atomic mass is 10.0. The van der Waals surface area contributed by atoms with Crippen LogP contribution in [-0.4, -0.2) is 5.11 Å². The molecule has 5 heteroatoms. The maximum Gasteiger partial charge on any atom is 0.124 e. The molecule has 0 bridgehead atoms. The van der Waals surface area contributed by atoms with E-state index in [0.29, 0.717) is 25.6 Å². The fourth-order valence-electron chi connectivity index (χ4n) is 1.84. The van der Waals surface area contributed by atoms with E-state index in [1.807, 2.05) is 0 Å². The molecule has 1 nitrogen and oxygen atoms in total. The van der Waals surface area contributed by atoms with Crippen LogP contribution in [0, 0.1) is 5.82 Å². The summed E-state index contributed by atoms with van der Waals surface area (Å²) in [7, 11) is 0. The van der Waals surface area contributed by atoms with E-state index in [0.717, 1.165) is 0 Å². The average Bonchev–Trinajstić information content (AvgIpc) is 2.25. The molecule has 1 N–H and O–H groups in total. The quantitative estimate of drug-likeness (QED) is 0.797. The highest BCUT2D eigenvalue weighted by Gasteiger charge is 2.11. The van der Waals surface area contributed by atoms with E-state index in [1.54, 1.807) is 24.3 Å². The Kier molecular flexibility index (Phi) is 4.85. The van der Waals surface area contributed by atoms with Gasteiger partial charge in [0.15, 0.2) is 0 Å². The van der Waals surface area contributed by atoms with Crippen LogP contribution in [0.1, 0.15) is 17.2 Å². The highest BCUT2D eigenvalue weighted by Crippen LogP contribution is 2.26. The molecule has 0 saturated carbocycles. The van der Waals surface area contributed by atoms with E-state index in [9.17, 15) is 9.50 Å². The van der Waals surface area contributed by atoms with Crippen molar-refractivity contribution in [1.29, 1.82) is 0 Å². The summed E-state index contributed by atoms with van der Waals surface area (Å²) in [6.07, 6.45) is -0.502. The van der Waals surface area contributed by atoms with Crippen molar-refractivity contribution in [2.75, 3.05) is 0 Å². The molecule has 0 aliphatic heterocycles. The Morgan fingerprint density at radius 2 is 1.68 bits per heavy atom. The second-order valence-electron chi connectivity index (χ2n) is 4.20. The van der Waals surface area contributed by atoms with Gasteiger partial charge in [0.05, 0.1) is 6.10 Å². The third-order valence-electron chi connectivity index (χ3n) is 2.62. The van der Waals surface area contributed by atoms with E-state index in [1.165, 1.54) is 12.1 Å². The van der Waals surface area contributed by atoms with Gasteiger partial charge in [0.1, 0.15) is 5.82 Å². The van der Waals surface area contributed by atoms with Gasteiger partial charge in [-0.3, -0.25) is 0 Å². The Labute approximate surface area is 129 Å². The summed E-state index contributed by atoms with van der Waals surface area (Å²) in [6.45, 7) is 0. The second-order valence-corrected chi connectivity index (χ2v) is 5.99. The minimum absolute atomic E-state index is 0.285. The summed E-state index contributed by atoms with van der Waals surface area (Å²) in [6, 6.07) is 9.40. The monoisotopic (exact) mass is 362 g/mol. The third kappa shape index (κ3) is 4.18. The summed E-state index contributed by atoms with van der Waals surface area (Å²) in [5.74, 6) is -0.347. The van der Waals surface area contributed by atoms with Gasteiger partial charge in [-0.05, 0) is 47.5 Å². The molecule has 100 valence electrons. The van der Waals surface area contributed by atoms with Crippen molar-refractivity contribution in [3.05, 3.63) is 67.9 Å². The number of aliphatic hydroxyl groups is 1. The number of hydrogen-bond acceptors (Lipinski definition) is 1. The number of hydrogen-bond donors (Lipinski definition) is 1. The van der Waals surface area contributed by atoms with Crippen molar-refractivity contribution < 1.29 is 9.50 Å². The highest BCUT2D eigenvalue weighted by atomic mass is 79.9. The van der Waals surface area contributed by atoms with Crippen LogP contribution in [-0.2, 0) is 6.42 Å². The second kappa shape index (κ2) is 6.23. The van der Waals surface area contributed by atoms with Crippen molar-refractivity contribution >= 4 is 39.1 Å². The van der Waals surface area contributed by atoms with Crippen LogP contribution in [0.25, 0.3) is 0 Å². The van der Waals surface area contributed by atoms with Crippen molar-refractivity contribution in [3.8, 4) is 0 Å². The summed E-state index contributed by atoms with van der Waals surface area (Å²) in [4.78, 5) is 0. The zero-order valence-corrected chi connectivity index (χ0v) is 12.8. The van der Waals surface area contributed by atoms with Gasteiger partial charge in [0.2, 0.25) is 0 Å². The van der Waals surface area contributed by atoms with Gasteiger partial charge in [-0.2, -0.15) is 0 Å². The minimum atomic E-state index is -0.787. The zero-order chi connectivity index (χ0) is 14.0. The molecule has 0 radical (unpaired) electrons. The number of halogens is 4. The standard InChI is InChI=1S/C14H10BrCl2FO/c15-10-1-8(2-13(18)6-10)3-14(19)9-4-11(16)7-12(17)5-9/h1-2,4-7,14,19H,3H2. The predicted octanol–water partition coefficient (Wildman–Crippen LogP) is 5.17. The fraction of sp³-hybridized carbons (Fsp3) is 0.143. The molecule has 19 heavy (non-hydrogen) atoms. The lowest BCUT2D eigenvalue weighted by molar-refractivity contribution is 0.178. The van der Waals surface area contributed by atoms with Crippen LogP contribution in [0.3, 0.4) is 0 Å². The van der Waals surface area contributed by atoms with Crippen molar-refractivity contribution in [3.63, 3.8) is 0 Å². The van der Waals surface area contributed by atoms with Gasteiger partial charge in [-0.25, -0.2) is 4.39 Å². The molecule has 0 aliphatic carbocycles. The van der Waals surface area contributed by atoms with Crippen LogP contribution in [0.4, 0.5) is 4.39 Å². The van der Waals surface area contributed by atoms with Crippen LogP contribution >= 0.6 is 39.1 Å². The van der Waals surface area contributed by atoms with Crippen molar-refractivity contribution in [2.45, 2.75) is 12.5 Å². The first-order valence-electron chi connectivity index (χ1n) is 5.53. The summed E-state index contributed by atoms with van der Waals surface area (Å²) in [5, 5.41) is 11.1. The highest BCUT2D eigenvalue weighted by molar-refractivity contribution is 9.10. The Hall–Kier alpha value is -0.610. The molecular formula is C14H10BrCl2FO. The Balaban J connectivity index is 2.22. The smallest absolute Gasteiger partial charge is 0.124 e. The molecule has 1 atom stereocenters. The van der Waals surface area contributed by atoms with Crippen LogP contribution < -0.4 is 0 Å². The maximum absolute atomic E-state index is 13.3. The zero-order valence-electron chi connectivity index (χ0n) is 9.71. The first-order chi connectivity index (χ1) is 8.94. The average molecular weight is 364 g/mol. The normalized spacial score (nSPS) is 12.5. The fourth-order valence-corrected chi connectivity index (χ4v) is 2.89. The molecular weight excluding hydrogens is 354 g/mol. The Bertz CT molecular complexity index is 563. The number of benzene rings is 2. The predicted molar refractivity (Wildman–Crippen MR) is 79.2 cm³/mol. The van der Waals surface area contributed by atoms with E-state index < -0.39 is 6.10 Å². The van der Waals surface area contributed by atoms with Gasteiger partial charge >= 0.3 is 0 Å². The topological polar surface area (TPSA) is 20.2 Å². The first kappa shape index (κ1) is 14.8. The first-order valence-corrected chi connectivity index (χ1v) is 7.08. The molecule has 0 heterocycles. The molecule has 0 fully saturated rings. The molecule has 1 unspecified atom stereocenters. The Morgan fingerprint density at radius 3 is 2.26 bits per heavy atom. The van der Waals surface area contributed by atoms with E-state index in [-0.39, 0.29) is 12.2 Å². The van der Waals surface area contributed by atoms with Crippen molar-refractivity contribution in [2.24, 2.45) is 0 Å². The van der Waals surface area contributed by atoms with Crippen LogP contribution in [0.5, 0.6) is 0 Å². The van der Waals surface area contributed by atoms with Gasteiger partial charge in [-0.15, -0.1) is 0 Å². The van der Waals surface area contributed by atoms with E-state index in [2.05, 4.69) is 15.9 Å². The lowest BCUT2D eigenvalue weighted by Crippen LogP contribution is -2.02. The summed E-state index contributed by atoms with van der Waals surface area (Å²) in [5.41, 5.74) is 1.30. The minimum Gasteiger partial charge on any atom is -0.388 e. The molecule has 2 aromatic rings. The van der Waals surface area contributed by atoms with E-state index in [4.69, 9.17) is 23.2 Å². The summed E-state index contributed by atoms with van der Waals surface area (Å²) < 4.78 is 13.9. The van der Waals surface area contributed by atoms with Crippen LogP contribution in [0.2, 0.25) is 10.0 Å². The van der Waals surface area contributed by atoms with Gasteiger partial charge in [0.25, 0.3) is 0 Å². The molecule has 0 amide bonds. The third-order valence-corrected chi connectivity index (χ3v) is 3.52. The van der Waals surface area contributed by atoms with Gasteiger partial charge in [0, 0.05) is 20.9 Å². The Morgan fingerprint density at radius 1 is 1.05 bits per heavy atom. The largest absolute Gasteiger partial charge is 0.388 e. The van der Waals surface area contributed by atoms with Crippen molar-refractivity contribution in [1.82, 2.24) is 0 Å². The van der Waals surface area contributed by atoms with Gasteiger partial charge in [-0.1, -0.05) is 39.1 Å². The SMILES string of the molecule is OC(Cc1cc(F)cc(Br)c1)c1cc(Cl)cc(Cl)c1. The van der Waals surface area contributed by atoms with Crippen LogP contribution in [0.15, 0.2) is 40.9 Å². The molecule has 0 aromatic heterocycles. The van der Waals surface area contributed by atoms with E-state index >= 15 is 0 Å². The molecule has 2 rings (SSSR count). The molecule has 0 spiro atoms. The number of aliphatic hydroxyl groups excluding tert-OH is 1. The molecule has 2 aromatic carbocycles. The molecule has 0 aliphatic rings. The lowest BCUT2D eigenvalue weighted by Gasteiger charge is -2.12. The number of rotatable bonds is 3. The maximum atomic E-state index is 13.3. The van der Waals surface area contributed by atoms with Gasteiger partial charge < -0.3 is 5.11 Å². The summed E-state index contributed by atoms with van der Waals surface area (Å²) >= 11 is 15.0.